The molecule has 0 unspecified atom stereocenters. The van der Waals surface area contributed by atoms with E-state index in [0.717, 1.165) is 17.5 Å². The van der Waals surface area contributed by atoms with Crippen molar-refractivity contribution in [3.63, 3.8) is 0 Å². The molecule has 5 heteroatoms. The molecule has 0 radical (unpaired) electrons. The molecule has 0 bridgehead atoms. The second-order valence-corrected chi connectivity index (χ2v) is 3.84. The molecule has 0 fully saturated rings. The van der Waals surface area contributed by atoms with Crippen LogP contribution >= 0.6 is 0 Å². The van der Waals surface area contributed by atoms with Crippen molar-refractivity contribution in [3.05, 3.63) is 47.2 Å². The Bertz CT molecular complexity index is 541. The quantitative estimate of drug-likeness (QED) is 0.362. The van der Waals surface area contributed by atoms with Gasteiger partial charge in [-0.05, 0) is 30.7 Å². The number of hydrogen-bond donors (Lipinski definition) is 2. The van der Waals surface area contributed by atoms with Gasteiger partial charge < -0.3 is 14.9 Å². The fourth-order valence-corrected chi connectivity index (χ4v) is 1.39. The number of aliphatic imine (C=N–C) groups is 1. The summed E-state index contributed by atoms with van der Waals surface area (Å²) in [6.07, 6.45) is 4.08. The third-order valence-electron chi connectivity index (χ3n) is 2.46. The van der Waals surface area contributed by atoms with Crippen LogP contribution < -0.4 is 4.74 Å². The summed E-state index contributed by atoms with van der Waals surface area (Å²) in [6.45, 7) is 2.23. The Kier molecular flexibility index (Phi) is 6.03. The van der Waals surface area contributed by atoms with Gasteiger partial charge in [0.15, 0.2) is 0 Å². The molecule has 0 aliphatic heterocycles. The van der Waals surface area contributed by atoms with Gasteiger partial charge in [0.1, 0.15) is 17.1 Å². The minimum atomic E-state index is -1.22. The Balaban J connectivity index is 2.94. The molecule has 5 nitrogen and oxygen atoms in total. The third-order valence-corrected chi connectivity index (χ3v) is 2.46. The summed E-state index contributed by atoms with van der Waals surface area (Å²) in [7, 11) is 1.58. The van der Waals surface area contributed by atoms with Gasteiger partial charge in [0.25, 0.3) is 0 Å². The third kappa shape index (κ3) is 4.61. The first-order chi connectivity index (χ1) is 9.58. The average Bonchev–Trinajstić information content (AvgIpc) is 2.45. The number of hydrogen-bond acceptors (Lipinski definition) is 4. The van der Waals surface area contributed by atoms with Crippen LogP contribution in [0, 0.1) is 0 Å². The summed E-state index contributed by atoms with van der Waals surface area (Å²) < 4.78 is 5.03. The molecule has 0 aliphatic rings. The van der Waals surface area contributed by atoms with E-state index in [9.17, 15) is 9.90 Å². The van der Waals surface area contributed by atoms with Crippen molar-refractivity contribution in [1.29, 1.82) is 0 Å². The van der Waals surface area contributed by atoms with Crippen LogP contribution in [0.25, 0.3) is 6.08 Å². The standard InChI is InChI=1S/C15H17NO4/c1-3-16-10-13(15(18)19)14(17)9-6-11-4-7-12(20-2)8-5-11/h4-10,17H,3H2,1-2H3,(H,18,19)/b9-6+,14-13-,16-10?. The van der Waals surface area contributed by atoms with E-state index >= 15 is 0 Å². The first-order valence-corrected chi connectivity index (χ1v) is 6.07. The van der Waals surface area contributed by atoms with Gasteiger partial charge in [0, 0.05) is 12.8 Å². The summed E-state index contributed by atoms with van der Waals surface area (Å²) in [4.78, 5) is 14.8. The van der Waals surface area contributed by atoms with Gasteiger partial charge in [-0.2, -0.15) is 0 Å². The van der Waals surface area contributed by atoms with Crippen LogP contribution in [0.3, 0.4) is 0 Å². The van der Waals surface area contributed by atoms with Crippen molar-refractivity contribution in [1.82, 2.24) is 0 Å². The van der Waals surface area contributed by atoms with Crippen LogP contribution in [0.15, 0.2) is 46.7 Å². The van der Waals surface area contributed by atoms with E-state index in [4.69, 9.17) is 9.84 Å². The Morgan fingerprint density at radius 3 is 2.45 bits per heavy atom. The number of aliphatic hydroxyl groups is 1. The fourth-order valence-electron chi connectivity index (χ4n) is 1.39. The van der Waals surface area contributed by atoms with Gasteiger partial charge in [0.2, 0.25) is 0 Å². The first-order valence-electron chi connectivity index (χ1n) is 6.07. The van der Waals surface area contributed by atoms with Crippen LogP contribution in [0.2, 0.25) is 0 Å². The fraction of sp³-hybridized carbons (Fsp3) is 0.200. The normalized spacial score (nSPS) is 12.7. The maximum Gasteiger partial charge on any atom is 0.341 e. The van der Waals surface area contributed by atoms with Crippen molar-refractivity contribution in [2.75, 3.05) is 13.7 Å². The van der Waals surface area contributed by atoms with E-state index in [0.29, 0.717) is 6.54 Å². The number of carboxylic acids is 1. The molecule has 0 atom stereocenters. The molecule has 0 saturated carbocycles. The maximum atomic E-state index is 11.0. The average molecular weight is 275 g/mol. The van der Waals surface area contributed by atoms with Crippen molar-refractivity contribution in [2.24, 2.45) is 4.99 Å². The van der Waals surface area contributed by atoms with Crippen molar-refractivity contribution < 1.29 is 19.7 Å². The second kappa shape index (κ2) is 7.78. The highest BCUT2D eigenvalue weighted by molar-refractivity contribution is 6.09. The van der Waals surface area contributed by atoms with Crippen LogP contribution in [-0.4, -0.2) is 36.1 Å². The number of rotatable bonds is 6. The van der Waals surface area contributed by atoms with Gasteiger partial charge in [-0.3, -0.25) is 4.99 Å². The number of aliphatic carboxylic acids is 1. The van der Waals surface area contributed by atoms with Gasteiger partial charge in [-0.1, -0.05) is 18.2 Å². The lowest BCUT2D eigenvalue weighted by atomic mass is 10.1. The van der Waals surface area contributed by atoms with E-state index in [2.05, 4.69) is 4.99 Å². The molecular weight excluding hydrogens is 258 g/mol. The van der Waals surface area contributed by atoms with E-state index in [1.165, 1.54) is 6.08 Å². The number of carboxylic acid groups (broad SMARTS) is 1. The van der Waals surface area contributed by atoms with E-state index in [-0.39, 0.29) is 11.3 Å². The molecular formula is C15H17NO4. The monoisotopic (exact) mass is 275 g/mol. The van der Waals surface area contributed by atoms with Crippen LogP contribution in [0.1, 0.15) is 12.5 Å². The number of methoxy groups -OCH3 is 1. The molecule has 1 aromatic rings. The Labute approximate surface area is 117 Å². The largest absolute Gasteiger partial charge is 0.507 e. The van der Waals surface area contributed by atoms with Crippen molar-refractivity contribution in [3.8, 4) is 5.75 Å². The SMILES string of the molecule is CCN=C/C(C(=O)O)=C(O)\C=C\c1ccc(OC)cc1. The molecule has 106 valence electrons. The molecule has 20 heavy (non-hydrogen) atoms. The molecule has 0 spiro atoms. The summed E-state index contributed by atoms with van der Waals surface area (Å²) in [6, 6.07) is 7.14. The Morgan fingerprint density at radius 1 is 1.30 bits per heavy atom. The van der Waals surface area contributed by atoms with Gasteiger partial charge in [0.05, 0.1) is 7.11 Å². The Hall–Kier alpha value is -2.56. The highest BCUT2D eigenvalue weighted by Crippen LogP contribution is 2.13. The lowest BCUT2D eigenvalue weighted by Gasteiger charge is -2.00. The van der Waals surface area contributed by atoms with Crippen molar-refractivity contribution in [2.45, 2.75) is 6.92 Å². The first kappa shape index (κ1) is 15.5. The highest BCUT2D eigenvalue weighted by atomic mass is 16.5. The summed E-state index contributed by atoms with van der Waals surface area (Å²) in [5.74, 6) is -0.840. The predicted molar refractivity (Wildman–Crippen MR) is 78.4 cm³/mol. The number of nitrogens with zero attached hydrogens (tertiary/aromatic N) is 1. The van der Waals surface area contributed by atoms with Gasteiger partial charge >= 0.3 is 5.97 Å². The lowest BCUT2D eigenvalue weighted by molar-refractivity contribution is -0.132. The minimum absolute atomic E-state index is 0.239. The van der Waals surface area contributed by atoms with E-state index in [1.807, 2.05) is 0 Å². The van der Waals surface area contributed by atoms with E-state index in [1.54, 1.807) is 44.4 Å². The molecule has 0 aliphatic carbocycles. The summed E-state index contributed by atoms with van der Waals surface area (Å²) in [5, 5.41) is 18.7. The second-order valence-electron chi connectivity index (χ2n) is 3.84. The van der Waals surface area contributed by atoms with Crippen LogP contribution in [-0.2, 0) is 4.79 Å². The summed E-state index contributed by atoms with van der Waals surface area (Å²) >= 11 is 0. The number of aliphatic hydroxyl groups excluding tert-OH is 1. The highest BCUT2D eigenvalue weighted by Gasteiger charge is 2.09. The van der Waals surface area contributed by atoms with Crippen LogP contribution in [0.4, 0.5) is 0 Å². The molecule has 1 aromatic carbocycles. The zero-order valence-electron chi connectivity index (χ0n) is 11.4. The Morgan fingerprint density at radius 2 is 1.95 bits per heavy atom. The van der Waals surface area contributed by atoms with Gasteiger partial charge in [-0.25, -0.2) is 4.79 Å². The molecule has 2 N–H and O–H groups in total. The molecule has 0 aromatic heterocycles. The van der Waals surface area contributed by atoms with Crippen molar-refractivity contribution >= 4 is 18.3 Å². The topological polar surface area (TPSA) is 79.1 Å². The molecule has 1 rings (SSSR count). The van der Waals surface area contributed by atoms with E-state index < -0.39 is 5.97 Å². The number of allylic oxidation sites excluding steroid dienone is 1. The molecule has 0 amide bonds. The zero-order valence-corrected chi connectivity index (χ0v) is 11.4. The lowest BCUT2D eigenvalue weighted by Crippen LogP contribution is -2.05. The smallest absolute Gasteiger partial charge is 0.341 e. The zero-order chi connectivity index (χ0) is 15.0. The van der Waals surface area contributed by atoms with Crippen LogP contribution in [0.5, 0.6) is 5.75 Å². The number of ether oxygens (including phenoxy) is 1. The molecule has 0 heterocycles. The number of carbonyl (C=O) groups is 1. The predicted octanol–water partition coefficient (Wildman–Crippen LogP) is 2.70. The number of benzene rings is 1. The maximum absolute atomic E-state index is 11.0. The summed E-state index contributed by atoms with van der Waals surface area (Å²) in [5.41, 5.74) is 0.575. The van der Waals surface area contributed by atoms with Gasteiger partial charge in [-0.15, -0.1) is 0 Å². The minimum Gasteiger partial charge on any atom is -0.507 e. The molecule has 0 saturated heterocycles.